The lowest BCUT2D eigenvalue weighted by atomic mass is 9.81. The van der Waals surface area contributed by atoms with Crippen molar-refractivity contribution >= 4 is 0 Å². The van der Waals surface area contributed by atoms with Gasteiger partial charge in [0.2, 0.25) is 0 Å². The number of halogens is 1. The van der Waals surface area contributed by atoms with Crippen LogP contribution in [-0.4, -0.2) is 18.2 Å². The lowest BCUT2D eigenvalue weighted by Gasteiger charge is -2.28. The Hall–Kier alpha value is -1.09. The minimum absolute atomic E-state index is 0.00115. The van der Waals surface area contributed by atoms with Crippen LogP contribution in [0.5, 0.6) is 5.75 Å². The fourth-order valence-electron chi connectivity index (χ4n) is 2.48. The summed E-state index contributed by atoms with van der Waals surface area (Å²) in [5, 5.41) is 12.5. The van der Waals surface area contributed by atoms with E-state index in [9.17, 15) is 9.50 Å². The van der Waals surface area contributed by atoms with E-state index >= 15 is 0 Å². The summed E-state index contributed by atoms with van der Waals surface area (Å²) >= 11 is 0. The fourth-order valence-corrected chi connectivity index (χ4v) is 2.48. The van der Waals surface area contributed by atoms with Crippen molar-refractivity contribution in [3.05, 3.63) is 29.6 Å². The number of aromatic hydroxyl groups is 1. The zero-order chi connectivity index (χ0) is 11.5. The number of piperidine rings is 1. The van der Waals surface area contributed by atoms with Crippen LogP contribution >= 0.6 is 0 Å². The Balaban J connectivity index is 2.15. The summed E-state index contributed by atoms with van der Waals surface area (Å²) in [6.45, 7) is 4.12. The van der Waals surface area contributed by atoms with Gasteiger partial charge in [0.05, 0.1) is 0 Å². The minimum Gasteiger partial charge on any atom is -0.508 e. The van der Waals surface area contributed by atoms with Gasteiger partial charge in [-0.1, -0.05) is 13.0 Å². The first-order valence-electron chi connectivity index (χ1n) is 5.87. The summed E-state index contributed by atoms with van der Waals surface area (Å²) in [5.74, 6) is 0.479. The zero-order valence-corrected chi connectivity index (χ0v) is 9.54. The van der Waals surface area contributed by atoms with Gasteiger partial charge in [0.15, 0.2) is 0 Å². The number of phenols is 1. The molecule has 1 saturated heterocycles. The Labute approximate surface area is 95.5 Å². The van der Waals surface area contributed by atoms with E-state index < -0.39 is 0 Å². The average Bonchev–Trinajstić information content (AvgIpc) is 2.29. The topological polar surface area (TPSA) is 32.3 Å². The van der Waals surface area contributed by atoms with E-state index in [4.69, 9.17) is 0 Å². The molecule has 1 atom stereocenters. The quantitative estimate of drug-likeness (QED) is 0.807. The first kappa shape index (κ1) is 11.4. The SMILES string of the molecule is CC(c1ccc(O)cc1F)C1CCNCC1. The number of hydrogen-bond donors (Lipinski definition) is 2. The summed E-state index contributed by atoms with van der Waals surface area (Å²) in [7, 11) is 0. The number of benzene rings is 1. The van der Waals surface area contributed by atoms with Gasteiger partial charge in [0.25, 0.3) is 0 Å². The lowest BCUT2D eigenvalue weighted by Crippen LogP contribution is -2.30. The van der Waals surface area contributed by atoms with Gasteiger partial charge in [-0.3, -0.25) is 0 Å². The van der Waals surface area contributed by atoms with Crippen molar-refractivity contribution in [1.82, 2.24) is 5.32 Å². The van der Waals surface area contributed by atoms with Crippen LogP contribution in [-0.2, 0) is 0 Å². The second-order valence-corrected chi connectivity index (χ2v) is 4.58. The first-order valence-corrected chi connectivity index (χ1v) is 5.87. The second kappa shape index (κ2) is 4.83. The van der Waals surface area contributed by atoms with Crippen LogP contribution in [0.1, 0.15) is 31.2 Å². The molecule has 3 heteroatoms. The summed E-state index contributed by atoms with van der Waals surface area (Å²) in [4.78, 5) is 0. The Morgan fingerprint density at radius 1 is 1.38 bits per heavy atom. The van der Waals surface area contributed by atoms with E-state index in [0.717, 1.165) is 31.5 Å². The van der Waals surface area contributed by atoms with E-state index in [2.05, 4.69) is 12.2 Å². The van der Waals surface area contributed by atoms with Gasteiger partial charge in [0.1, 0.15) is 11.6 Å². The Bertz CT molecular complexity index is 361. The molecule has 0 radical (unpaired) electrons. The van der Waals surface area contributed by atoms with Gasteiger partial charge in [-0.2, -0.15) is 0 Å². The van der Waals surface area contributed by atoms with Crippen molar-refractivity contribution in [2.24, 2.45) is 5.92 Å². The van der Waals surface area contributed by atoms with Crippen LogP contribution in [0.4, 0.5) is 4.39 Å². The molecule has 0 spiro atoms. The van der Waals surface area contributed by atoms with E-state index in [1.807, 2.05) is 0 Å². The Morgan fingerprint density at radius 2 is 2.06 bits per heavy atom. The fraction of sp³-hybridized carbons (Fsp3) is 0.538. The molecule has 16 heavy (non-hydrogen) atoms. The number of rotatable bonds is 2. The molecule has 1 heterocycles. The summed E-state index contributed by atoms with van der Waals surface area (Å²) in [5.41, 5.74) is 0.727. The number of hydrogen-bond acceptors (Lipinski definition) is 2. The second-order valence-electron chi connectivity index (χ2n) is 4.58. The van der Waals surface area contributed by atoms with Crippen molar-refractivity contribution in [1.29, 1.82) is 0 Å². The molecule has 1 aliphatic rings. The van der Waals surface area contributed by atoms with Gasteiger partial charge >= 0.3 is 0 Å². The smallest absolute Gasteiger partial charge is 0.130 e. The number of nitrogens with one attached hydrogen (secondary N) is 1. The first-order chi connectivity index (χ1) is 7.68. The highest BCUT2D eigenvalue weighted by Gasteiger charge is 2.23. The molecule has 1 aromatic carbocycles. The van der Waals surface area contributed by atoms with E-state index in [1.165, 1.54) is 6.07 Å². The molecular weight excluding hydrogens is 205 g/mol. The highest BCUT2D eigenvalue weighted by atomic mass is 19.1. The Morgan fingerprint density at radius 3 is 2.69 bits per heavy atom. The number of phenolic OH excluding ortho intramolecular Hbond substituents is 1. The van der Waals surface area contributed by atoms with Crippen LogP contribution < -0.4 is 5.32 Å². The highest BCUT2D eigenvalue weighted by molar-refractivity contribution is 5.30. The van der Waals surface area contributed by atoms with Gasteiger partial charge < -0.3 is 10.4 Å². The van der Waals surface area contributed by atoms with Crippen molar-refractivity contribution < 1.29 is 9.50 Å². The molecule has 1 fully saturated rings. The van der Waals surface area contributed by atoms with Crippen molar-refractivity contribution in [2.45, 2.75) is 25.7 Å². The van der Waals surface area contributed by atoms with Crippen LogP contribution in [0.15, 0.2) is 18.2 Å². The predicted molar refractivity (Wildman–Crippen MR) is 62.1 cm³/mol. The van der Waals surface area contributed by atoms with Gasteiger partial charge in [0, 0.05) is 6.07 Å². The largest absolute Gasteiger partial charge is 0.508 e. The van der Waals surface area contributed by atoms with E-state index in [-0.39, 0.29) is 17.5 Å². The molecule has 88 valence electrons. The molecule has 0 bridgehead atoms. The summed E-state index contributed by atoms with van der Waals surface area (Å²) < 4.78 is 13.7. The van der Waals surface area contributed by atoms with Gasteiger partial charge in [-0.25, -0.2) is 4.39 Å². The van der Waals surface area contributed by atoms with Crippen LogP contribution in [0.2, 0.25) is 0 Å². The predicted octanol–water partition coefficient (Wildman–Crippen LogP) is 2.63. The standard InChI is InChI=1S/C13H18FNO/c1-9(10-4-6-15-7-5-10)12-3-2-11(16)8-13(12)14/h2-3,8-10,15-16H,4-7H2,1H3. The van der Waals surface area contributed by atoms with E-state index in [1.54, 1.807) is 12.1 Å². The van der Waals surface area contributed by atoms with Crippen LogP contribution in [0.3, 0.4) is 0 Å². The monoisotopic (exact) mass is 223 g/mol. The molecule has 0 amide bonds. The van der Waals surface area contributed by atoms with Crippen LogP contribution in [0.25, 0.3) is 0 Å². The molecule has 2 rings (SSSR count). The zero-order valence-electron chi connectivity index (χ0n) is 9.54. The average molecular weight is 223 g/mol. The molecule has 1 aliphatic heterocycles. The van der Waals surface area contributed by atoms with Gasteiger partial charge in [-0.15, -0.1) is 0 Å². The van der Waals surface area contributed by atoms with Crippen LogP contribution in [0, 0.1) is 11.7 Å². The van der Waals surface area contributed by atoms with Gasteiger partial charge in [-0.05, 0) is 49.4 Å². The molecule has 2 nitrogen and oxygen atoms in total. The third-order valence-electron chi connectivity index (χ3n) is 3.57. The summed E-state index contributed by atoms with van der Waals surface area (Å²) in [6.07, 6.45) is 2.20. The van der Waals surface area contributed by atoms with E-state index in [0.29, 0.717) is 5.92 Å². The maximum absolute atomic E-state index is 13.7. The normalized spacial score (nSPS) is 19.6. The van der Waals surface area contributed by atoms with Crippen molar-refractivity contribution in [3.63, 3.8) is 0 Å². The maximum atomic E-state index is 13.7. The Kier molecular flexibility index (Phi) is 3.44. The molecule has 0 aromatic heterocycles. The lowest BCUT2D eigenvalue weighted by molar-refractivity contribution is 0.325. The molecule has 2 N–H and O–H groups in total. The molecule has 0 aliphatic carbocycles. The third kappa shape index (κ3) is 2.35. The molecule has 0 saturated carbocycles. The molecular formula is C13H18FNO. The third-order valence-corrected chi connectivity index (χ3v) is 3.57. The maximum Gasteiger partial charge on any atom is 0.130 e. The molecule has 1 unspecified atom stereocenters. The minimum atomic E-state index is -0.286. The van der Waals surface area contributed by atoms with Crippen molar-refractivity contribution in [2.75, 3.05) is 13.1 Å². The highest BCUT2D eigenvalue weighted by Crippen LogP contribution is 2.32. The summed E-state index contributed by atoms with van der Waals surface area (Å²) in [6, 6.07) is 4.47. The van der Waals surface area contributed by atoms with Crippen molar-refractivity contribution in [3.8, 4) is 5.75 Å². The molecule has 1 aromatic rings.